The second kappa shape index (κ2) is 9.41. The summed E-state index contributed by atoms with van der Waals surface area (Å²) in [5, 5.41) is 11.0. The number of hydrogen-bond acceptors (Lipinski definition) is 7. The third kappa shape index (κ3) is 5.20. The van der Waals surface area contributed by atoms with E-state index in [4.69, 9.17) is 16.3 Å². The lowest BCUT2D eigenvalue weighted by molar-refractivity contribution is -0.384. The molecule has 170 valence electrons. The molecule has 1 aliphatic rings. The number of halogens is 1. The Balaban J connectivity index is 1.43. The molecule has 0 unspecified atom stereocenters. The van der Waals surface area contributed by atoms with Crippen molar-refractivity contribution in [2.45, 2.75) is 13.8 Å². The molecule has 1 aliphatic heterocycles. The number of rotatable bonds is 5. The standard InChI is InChI=1S/C23H22ClN5O4/c1-15-3-6-18(7-4-15)33-22-14-21(25-16(2)26-22)27-9-11-28(12-10-27)23(30)19-8-5-17(29(31)32)13-20(19)24/h3-8,13-14H,9-12H2,1-2H3. The van der Waals surface area contributed by atoms with Crippen LogP contribution < -0.4 is 9.64 Å². The molecule has 10 heteroatoms. The van der Waals surface area contributed by atoms with Crippen LogP contribution >= 0.6 is 11.6 Å². The van der Waals surface area contributed by atoms with E-state index in [2.05, 4.69) is 14.9 Å². The van der Waals surface area contributed by atoms with E-state index in [0.717, 1.165) is 11.4 Å². The van der Waals surface area contributed by atoms with Crippen molar-refractivity contribution < 1.29 is 14.5 Å². The zero-order valence-corrected chi connectivity index (χ0v) is 19.0. The van der Waals surface area contributed by atoms with Crippen molar-refractivity contribution in [3.05, 3.63) is 80.6 Å². The number of amides is 1. The molecule has 0 bridgehead atoms. The molecule has 0 saturated carbocycles. The summed E-state index contributed by atoms with van der Waals surface area (Å²) in [6, 6.07) is 13.4. The molecular formula is C23H22ClN5O4. The minimum Gasteiger partial charge on any atom is -0.439 e. The first kappa shape index (κ1) is 22.5. The zero-order chi connectivity index (χ0) is 23.5. The fraction of sp³-hybridized carbons (Fsp3) is 0.261. The number of anilines is 1. The van der Waals surface area contributed by atoms with Crippen LogP contribution in [0.25, 0.3) is 0 Å². The monoisotopic (exact) mass is 467 g/mol. The van der Waals surface area contributed by atoms with Crippen molar-refractivity contribution >= 4 is 29.0 Å². The molecule has 0 atom stereocenters. The van der Waals surface area contributed by atoms with Gasteiger partial charge in [0.05, 0.1) is 15.5 Å². The number of carbonyl (C=O) groups excluding carboxylic acids is 1. The molecule has 0 radical (unpaired) electrons. The van der Waals surface area contributed by atoms with Crippen molar-refractivity contribution in [3.8, 4) is 11.6 Å². The Bertz CT molecular complexity index is 1190. The molecule has 2 heterocycles. The van der Waals surface area contributed by atoms with Crippen molar-refractivity contribution in [3.63, 3.8) is 0 Å². The van der Waals surface area contributed by atoms with Gasteiger partial charge < -0.3 is 14.5 Å². The summed E-state index contributed by atoms with van der Waals surface area (Å²) in [7, 11) is 0. The summed E-state index contributed by atoms with van der Waals surface area (Å²) >= 11 is 6.13. The number of carbonyl (C=O) groups is 1. The lowest BCUT2D eigenvalue weighted by Gasteiger charge is -2.35. The molecule has 1 aromatic heterocycles. The molecule has 2 aromatic carbocycles. The van der Waals surface area contributed by atoms with Gasteiger partial charge in [0.1, 0.15) is 17.4 Å². The zero-order valence-electron chi connectivity index (χ0n) is 18.2. The van der Waals surface area contributed by atoms with Gasteiger partial charge in [0, 0.05) is 44.4 Å². The Hall–Kier alpha value is -3.72. The highest BCUT2D eigenvalue weighted by molar-refractivity contribution is 6.34. The Morgan fingerprint density at radius 2 is 1.73 bits per heavy atom. The van der Waals surface area contributed by atoms with E-state index in [1.54, 1.807) is 11.0 Å². The quantitative estimate of drug-likeness (QED) is 0.404. The lowest BCUT2D eigenvalue weighted by atomic mass is 10.1. The van der Waals surface area contributed by atoms with Gasteiger partial charge in [-0.15, -0.1) is 0 Å². The van der Waals surface area contributed by atoms with Crippen molar-refractivity contribution in [1.29, 1.82) is 0 Å². The average Bonchev–Trinajstić information content (AvgIpc) is 2.80. The number of ether oxygens (including phenoxy) is 1. The molecule has 0 aliphatic carbocycles. The molecule has 0 N–H and O–H groups in total. The second-order valence-corrected chi connectivity index (χ2v) is 8.13. The third-order valence-electron chi connectivity index (χ3n) is 5.33. The Morgan fingerprint density at radius 1 is 1.03 bits per heavy atom. The van der Waals surface area contributed by atoms with E-state index in [9.17, 15) is 14.9 Å². The van der Waals surface area contributed by atoms with Gasteiger partial charge >= 0.3 is 0 Å². The first-order valence-corrected chi connectivity index (χ1v) is 10.8. The van der Waals surface area contributed by atoms with Gasteiger partial charge in [-0.1, -0.05) is 29.3 Å². The fourth-order valence-electron chi connectivity index (χ4n) is 3.57. The molecule has 1 amide bonds. The Kier molecular flexibility index (Phi) is 6.41. The number of hydrogen-bond donors (Lipinski definition) is 0. The van der Waals surface area contributed by atoms with Crippen LogP contribution in [0.5, 0.6) is 11.6 Å². The van der Waals surface area contributed by atoms with Crippen LogP contribution in [-0.2, 0) is 0 Å². The number of nitro benzene ring substituents is 1. The van der Waals surface area contributed by atoms with E-state index in [1.165, 1.54) is 18.2 Å². The summed E-state index contributed by atoms with van der Waals surface area (Å²) in [5.41, 5.74) is 1.25. The van der Waals surface area contributed by atoms with Crippen LogP contribution in [0, 0.1) is 24.0 Å². The summed E-state index contributed by atoms with van der Waals surface area (Å²) in [6.45, 7) is 5.87. The predicted octanol–water partition coefficient (Wildman–Crippen LogP) is 4.41. The van der Waals surface area contributed by atoms with Gasteiger partial charge in [-0.3, -0.25) is 14.9 Å². The van der Waals surface area contributed by atoms with E-state index in [0.29, 0.717) is 43.6 Å². The number of piperazine rings is 1. The summed E-state index contributed by atoms with van der Waals surface area (Å²) in [4.78, 5) is 35.9. The molecule has 4 rings (SSSR count). The van der Waals surface area contributed by atoms with Gasteiger partial charge in [-0.25, -0.2) is 4.98 Å². The predicted molar refractivity (Wildman–Crippen MR) is 124 cm³/mol. The van der Waals surface area contributed by atoms with Gasteiger partial charge in [0.25, 0.3) is 11.6 Å². The van der Waals surface area contributed by atoms with E-state index in [1.807, 2.05) is 38.1 Å². The maximum atomic E-state index is 12.9. The van der Waals surface area contributed by atoms with Crippen LogP contribution in [0.2, 0.25) is 5.02 Å². The van der Waals surface area contributed by atoms with Crippen molar-refractivity contribution in [2.75, 3.05) is 31.1 Å². The third-order valence-corrected chi connectivity index (χ3v) is 5.64. The molecule has 3 aromatic rings. The highest BCUT2D eigenvalue weighted by Gasteiger charge is 2.25. The van der Waals surface area contributed by atoms with Gasteiger partial charge in [-0.05, 0) is 32.0 Å². The van der Waals surface area contributed by atoms with Crippen LogP contribution in [0.1, 0.15) is 21.7 Å². The Morgan fingerprint density at radius 3 is 2.36 bits per heavy atom. The summed E-state index contributed by atoms with van der Waals surface area (Å²) in [5.74, 6) is 2.21. The molecular weight excluding hydrogens is 446 g/mol. The van der Waals surface area contributed by atoms with Gasteiger partial charge in [0.15, 0.2) is 0 Å². The van der Waals surface area contributed by atoms with Crippen molar-refractivity contribution in [1.82, 2.24) is 14.9 Å². The highest BCUT2D eigenvalue weighted by Crippen LogP contribution is 2.26. The minimum absolute atomic E-state index is 0.0703. The van der Waals surface area contributed by atoms with Gasteiger partial charge in [-0.2, -0.15) is 4.98 Å². The number of nitrogens with zero attached hydrogens (tertiary/aromatic N) is 5. The topological polar surface area (TPSA) is 102 Å². The van der Waals surface area contributed by atoms with Crippen LogP contribution in [0.4, 0.5) is 11.5 Å². The summed E-state index contributed by atoms with van der Waals surface area (Å²) in [6.07, 6.45) is 0. The van der Waals surface area contributed by atoms with E-state index in [-0.39, 0.29) is 22.2 Å². The van der Waals surface area contributed by atoms with E-state index >= 15 is 0 Å². The highest BCUT2D eigenvalue weighted by atomic mass is 35.5. The van der Waals surface area contributed by atoms with Crippen LogP contribution in [-0.4, -0.2) is 51.9 Å². The maximum absolute atomic E-state index is 12.9. The van der Waals surface area contributed by atoms with E-state index < -0.39 is 4.92 Å². The SMILES string of the molecule is Cc1ccc(Oc2cc(N3CCN(C(=O)c4ccc([N+](=O)[O-])cc4Cl)CC3)nc(C)n2)cc1. The second-order valence-electron chi connectivity index (χ2n) is 7.73. The van der Waals surface area contributed by atoms with Crippen LogP contribution in [0.15, 0.2) is 48.5 Å². The Labute approximate surface area is 195 Å². The van der Waals surface area contributed by atoms with Crippen LogP contribution in [0.3, 0.4) is 0 Å². The lowest BCUT2D eigenvalue weighted by Crippen LogP contribution is -2.49. The smallest absolute Gasteiger partial charge is 0.270 e. The number of aryl methyl sites for hydroxylation is 2. The molecule has 9 nitrogen and oxygen atoms in total. The minimum atomic E-state index is -0.542. The normalized spacial score (nSPS) is 13.7. The molecule has 33 heavy (non-hydrogen) atoms. The van der Waals surface area contributed by atoms with Crippen molar-refractivity contribution in [2.24, 2.45) is 0 Å². The largest absolute Gasteiger partial charge is 0.439 e. The molecule has 1 saturated heterocycles. The number of aromatic nitrogens is 2. The number of nitro groups is 1. The van der Waals surface area contributed by atoms with Gasteiger partial charge in [0.2, 0.25) is 5.88 Å². The average molecular weight is 468 g/mol. The number of non-ortho nitro benzene ring substituents is 1. The number of benzene rings is 2. The first-order chi connectivity index (χ1) is 15.8. The molecule has 0 spiro atoms. The first-order valence-electron chi connectivity index (χ1n) is 10.4. The molecule has 1 fully saturated rings. The fourth-order valence-corrected chi connectivity index (χ4v) is 3.82. The maximum Gasteiger partial charge on any atom is 0.270 e. The summed E-state index contributed by atoms with van der Waals surface area (Å²) < 4.78 is 5.90.